The van der Waals surface area contributed by atoms with Crippen molar-refractivity contribution in [3.63, 3.8) is 0 Å². The van der Waals surface area contributed by atoms with E-state index >= 15 is 0 Å². The molecule has 0 radical (unpaired) electrons. The first-order chi connectivity index (χ1) is 17.6. The molecule has 4 aromatic rings. The first-order valence-electron chi connectivity index (χ1n) is 10.6. The first-order valence-corrected chi connectivity index (χ1v) is 11.4. The van der Waals surface area contributed by atoms with Crippen LogP contribution >= 0.6 is 23.2 Å². The third-order valence-electron chi connectivity index (χ3n) is 5.45. The molecule has 4 aromatic carbocycles. The van der Waals surface area contributed by atoms with Gasteiger partial charge in [-0.1, -0.05) is 29.3 Å². The average molecular weight is 537 g/mol. The third kappa shape index (κ3) is 5.18. The summed E-state index contributed by atoms with van der Waals surface area (Å²) in [7, 11) is 0. The summed E-state index contributed by atoms with van der Waals surface area (Å²) in [6.07, 6.45) is 0. The van der Waals surface area contributed by atoms with E-state index in [1.807, 2.05) is 0 Å². The second-order valence-corrected chi connectivity index (χ2v) is 8.71. The number of carbonyl (C=O) groups excluding carboxylic acids is 4. The van der Waals surface area contributed by atoms with Crippen molar-refractivity contribution in [2.45, 2.75) is 0 Å². The average Bonchev–Trinajstić information content (AvgIpc) is 2.85. The molecule has 0 unspecified atom stereocenters. The Morgan fingerprint density at radius 2 is 1.11 bits per heavy atom. The van der Waals surface area contributed by atoms with Crippen LogP contribution in [0.3, 0.4) is 0 Å². The van der Waals surface area contributed by atoms with Crippen molar-refractivity contribution < 1.29 is 24.3 Å². The molecule has 0 spiro atoms. The number of anilines is 2. The molecule has 0 aliphatic rings. The molecule has 0 bridgehead atoms. The van der Waals surface area contributed by atoms with Gasteiger partial charge in [0.1, 0.15) is 5.75 Å². The second kappa shape index (κ2) is 10.2. The number of hydrogen-bond acceptors (Lipinski definition) is 5. The lowest BCUT2D eigenvalue weighted by Gasteiger charge is -2.20. The highest BCUT2D eigenvalue weighted by Crippen LogP contribution is 2.30. The fourth-order valence-electron chi connectivity index (χ4n) is 3.71. The lowest BCUT2D eigenvalue weighted by atomic mass is 10.0. The molecule has 6 amide bonds. The lowest BCUT2D eigenvalue weighted by Crippen LogP contribution is -2.41. The van der Waals surface area contributed by atoms with Crippen LogP contribution in [0.15, 0.2) is 78.9 Å². The number of aromatic hydroxyl groups is 1. The first kappa shape index (κ1) is 25.5. The van der Waals surface area contributed by atoms with E-state index < -0.39 is 29.6 Å². The molecule has 37 heavy (non-hydrogen) atoms. The second-order valence-electron chi connectivity index (χ2n) is 7.84. The Bertz CT molecular complexity index is 1560. The molecule has 9 nitrogen and oxygen atoms in total. The minimum absolute atomic E-state index is 0.0785. The number of benzene rings is 4. The van der Waals surface area contributed by atoms with Gasteiger partial charge in [0.25, 0.3) is 11.8 Å². The van der Waals surface area contributed by atoms with E-state index in [0.29, 0.717) is 25.7 Å². The van der Waals surface area contributed by atoms with Gasteiger partial charge < -0.3 is 16.6 Å². The molecule has 0 aromatic heterocycles. The fraction of sp³-hybridized carbons (Fsp3) is 0. The lowest BCUT2D eigenvalue weighted by molar-refractivity contribution is 0.0985. The molecule has 0 saturated heterocycles. The number of urea groups is 2. The van der Waals surface area contributed by atoms with Crippen LogP contribution in [0.1, 0.15) is 20.7 Å². The number of nitrogens with zero attached hydrogens (tertiary/aromatic N) is 2. The Kier molecular flexibility index (Phi) is 7.01. The van der Waals surface area contributed by atoms with Gasteiger partial charge in [0.15, 0.2) is 0 Å². The zero-order valence-corrected chi connectivity index (χ0v) is 20.4. The molecule has 5 N–H and O–H groups in total. The summed E-state index contributed by atoms with van der Waals surface area (Å²) in [6, 6.07) is 16.7. The van der Waals surface area contributed by atoms with Crippen LogP contribution in [-0.4, -0.2) is 29.0 Å². The Morgan fingerprint density at radius 3 is 1.59 bits per heavy atom. The number of primary amides is 2. The van der Waals surface area contributed by atoms with E-state index in [4.69, 9.17) is 34.7 Å². The molecule has 0 aliphatic heterocycles. The van der Waals surface area contributed by atoms with Crippen LogP contribution in [0.5, 0.6) is 5.75 Å². The topological polar surface area (TPSA) is 147 Å². The molecular weight excluding hydrogens is 519 g/mol. The Morgan fingerprint density at radius 1 is 0.622 bits per heavy atom. The highest BCUT2D eigenvalue weighted by Gasteiger charge is 2.27. The molecule has 0 aliphatic carbocycles. The van der Waals surface area contributed by atoms with Crippen LogP contribution in [0.2, 0.25) is 10.0 Å². The molecule has 0 atom stereocenters. The molecule has 186 valence electrons. The van der Waals surface area contributed by atoms with Gasteiger partial charge in [0.2, 0.25) is 0 Å². The number of hydrogen-bond donors (Lipinski definition) is 3. The van der Waals surface area contributed by atoms with Crippen molar-refractivity contribution in [1.82, 2.24) is 0 Å². The van der Waals surface area contributed by atoms with Gasteiger partial charge in [-0.05, 0) is 83.6 Å². The summed E-state index contributed by atoms with van der Waals surface area (Å²) in [5.74, 6) is -2.03. The van der Waals surface area contributed by atoms with Crippen molar-refractivity contribution >= 4 is 69.2 Å². The number of phenolic OH excluding ortho intramolecular Hbond substituents is 1. The standard InChI is InChI=1S/C26H18Cl2N4O5/c27-17-3-7-19(8-4-17)31(25(29)36)23(34)15-2-1-14-13-22(33)21(12-16(14)11-15)24(35)32(26(30)37)20-9-5-18(28)6-10-20/h1-13,33H,(H2,29,36)(H2,30,37). The zero-order valence-electron chi connectivity index (χ0n) is 18.9. The third-order valence-corrected chi connectivity index (χ3v) is 5.95. The van der Waals surface area contributed by atoms with Gasteiger partial charge in [-0.2, -0.15) is 0 Å². The number of carbonyl (C=O) groups is 4. The van der Waals surface area contributed by atoms with Gasteiger partial charge in [-0.15, -0.1) is 0 Å². The van der Waals surface area contributed by atoms with Crippen LogP contribution in [0.4, 0.5) is 21.0 Å². The van der Waals surface area contributed by atoms with Crippen molar-refractivity contribution in [3.05, 3.63) is 100 Å². The van der Waals surface area contributed by atoms with E-state index in [-0.39, 0.29) is 22.5 Å². The number of rotatable bonds is 4. The molecule has 4 rings (SSSR count). The molecule has 0 heterocycles. The van der Waals surface area contributed by atoms with E-state index in [1.165, 1.54) is 78.9 Å². The minimum atomic E-state index is -1.07. The maximum absolute atomic E-state index is 13.3. The van der Waals surface area contributed by atoms with E-state index in [9.17, 15) is 24.3 Å². The van der Waals surface area contributed by atoms with Gasteiger partial charge in [-0.25, -0.2) is 19.4 Å². The van der Waals surface area contributed by atoms with Gasteiger partial charge in [-0.3, -0.25) is 9.59 Å². The number of halogens is 2. The summed E-state index contributed by atoms with van der Waals surface area (Å²) < 4.78 is 0. The largest absolute Gasteiger partial charge is 0.507 e. The van der Waals surface area contributed by atoms with E-state index in [0.717, 1.165) is 4.90 Å². The molecule has 11 heteroatoms. The highest BCUT2D eigenvalue weighted by atomic mass is 35.5. The fourth-order valence-corrected chi connectivity index (χ4v) is 3.96. The summed E-state index contributed by atoms with van der Waals surface area (Å²) in [5.41, 5.74) is 11.1. The van der Waals surface area contributed by atoms with E-state index in [2.05, 4.69) is 0 Å². The number of fused-ring (bicyclic) bond motifs is 1. The summed E-state index contributed by atoms with van der Waals surface area (Å²) in [6.45, 7) is 0. The Hall–Kier alpha value is -4.60. The number of imide groups is 2. The Balaban J connectivity index is 1.75. The number of nitrogens with two attached hydrogens (primary N) is 2. The van der Waals surface area contributed by atoms with Crippen molar-refractivity contribution in [1.29, 1.82) is 0 Å². The molecular formula is C26H18Cl2N4O5. The van der Waals surface area contributed by atoms with Crippen LogP contribution in [0.25, 0.3) is 10.8 Å². The predicted octanol–water partition coefficient (Wildman–Crippen LogP) is 5.30. The SMILES string of the molecule is NC(=O)N(C(=O)c1ccc2cc(O)c(C(=O)N(C(N)=O)c3ccc(Cl)cc3)cc2c1)c1ccc(Cl)cc1. The van der Waals surface area contributed by atoms with Crippen molar-refractivity contribution in [2.24, 2.45) is 11.5 Å². The smallest absolute Gasteiger partial charge is 0.326 e. The van der Waals surface area contributed by atoms with Gasteiger partial charge in [0, 0.05) is 15.6 Å². The quantitative estimate of drug-likeness (QED) is 0.323. The van der Waals surface area contributed by atoms with Gasteiger partial charge >= 0.3 is 12.1 Å². The summed E-state index contributed by atoms with van der Waals surface area (Å²) in [5, 5.41) is 12.2. The molecule has 0 fully saturated rings. The van der Waals surface area contributed by atoms with Crippen LogP contribution in [-0.2, 0) is 0 Å². The predicted molar refractivity (Wildman–Crippen MR) is 141 cm³/mol. The maximum Gasteiger partial charge on any atom is 0.326 e. The monoisotopic (exact) mass is 536 g/mol. The highest BCUT2D eigenvalue weighted by molar-refractivity contribution is 6.31. The maximum atomic E-state index is 13.3. The summed E-state index contributed by atoms with van der Waals surface area (Å²) >= 11 is 11.8. The van der Waals surface area contributed by atoms with Crippen molar-refractivity contribution in [3.8, 4) is 5.75 Å². The van der Waals surface area contributed by atoms with Crippen LogP contribution in [0, 0.1) is 0 Å². The number of amides is 6. The van der Waals surface area contributed by atoms with E-state index in [1.54, 1.807) is 0 Å². The summed E-state index contributed by atoms with van der Waals surface area (Å²) in [4.78, 5) is 52.1. The minimum Gasteiger partial charge on any atom is -0.507 e. The van der Waals surface area contributed by atoms with Crippen LogP contribution < -0.4 is 21.3 Å². The normalized spacial score (nSPS) is 10.6. The molecule has 0 saturated carbocycles. The van der Waals surface area contributed by atoms with Crippen molar-refractivity contribution in [2.75, 3.05) is 9.80 Å². The van der Waals surface area contributed by atoms with Gasteiger partial charge in [0.05, 0.1) is 16.9 Å². The zero-order chi connectivity index (χ0) is 26.9. The Labute approximate surface area is 220 Å². The number of phenols is 1.